The summed E-state index contributed by atoms with van der Waals surface area (Å²) >= 11 is 1.85. The van der Waals surface area contributed by atoms with Crippen LogP contribution in [-0.2, 0) is 0 Å². The number of rotatable bonds is 6. The van der Waals surface area contributed by atoms with Gasteiger partial charge in [-0.15, -0.1) is 0 Å². The zero-order valence-electron chi connectivity index (χ0n) is 10.9. The maximum atomic E-state index is 5.42. The molecule has 1 aromatic heterocycles. The molecule has 0 aliphatic carbocycles. The van der Waals surface area contributed by atoms with E-state index in [4.69, 9.17) is 5.84 Å². The summed E-state index contributed by atoms with van der Waals surface area (Å²) in [6.45, 7) is 6.93. The number of nitrogen functional groups attached to an aromatic ring is 1. The highest BCUT2D eigenvalue weighted by atomic mass is 32.2. The van der Waals surface area contributed by atoms with E-state index in [0.29, 0.717) is 17.6 Å². The molecule has 0 amide bonds. The van der Waals surface area contributed by atoms with E-state index in [1.165, 1.54) is 0 Å². The Bertz CT molecular complexity index is 369. The van der Waals surface area contributed by atoms with Crippen LogP contribution in [0.25, 0.3) is 0 Å². The highest BCUT2D eigenvalue weighted by molar-refractivity contribution is 7.98. The van der Waals surface area contributed by atoms with Crippen molar-refractivity contribution >= 4 is 23.4 Å². The number of nitrogens with one attached hydrogen (secondary N) is 2. The predicted octanol–water partition coefficient (Wildman–Crippen LogP) is 1.79. The topological polar surface area (TPSA) is 75.9 Å². The molecule has 0 aliphatic rings. The van der Waals surface area contributed by atoms with E-state index >= 15 is 0 Å². The molecule has 96 valence electrons. The number of thioether (sulfide) groups is 1. The Morgan fingerprint density at radius 3 is 2.53 bits per heavy atom. The second-order valence-corrected chi connectivity index (χ2v) is 5.09. The molecule has 1 rings (SSSR count). The smallest absolute Gasteiger partial charge is 0.148 e. The van der Waals surface area contributed by atoms with Crippen molar-refractivity contribution in [2.24, 2.45) is 11.8 Å². The molecule has 0 aromatic carbocycles. The fourth-order valence-corrected chi connectivity index (χ4v) is 2.24. The van der Waals surface area contributed by atoms with E-state index in [9.17, 15) is 0 Å². The number of hydrazine groups is 1. The molecule has 6 heteroatoms. The van der Waals surface area contributed by atoms with Crippen LogP contribution in [0.4, 0.5) is 11.6 Å². The van der Waals surface area contributed by atoms with E-state index in [-0.39, 0.29) is 0 Å². The molecule has 1 atom stereocenters. The third kappa shape index (κ3) is 4.05. The van der Waals surface area contributed by atoms with Gasteiger partial charge in [-0.3, -0.25) is 0 Å². The van der Waals surface area contributed by atoms with Crippen molar-refractivity contribution in [3.05, 3.63) is 11.4 Å². The molecule has 1 heterocycles. The monoisotopic (exact) mass is 255 g/mol. The van der Waals surface area contributed by atoms with E-state index < -0.39 is 0 Å². The van der Waals surface area contributed by atoms with Crippen LogP contribution in [0.5, 0.6) is 0 Å². The van der Waals surface area contributed by atoms with Gasteiger partial charge in [-0.2, -0.15) is 11.8 Å². The summed E-state index contributed by atoms with van der Waals surface area (Å²) in [5, 5.41) is 3.35. The van der Waals surface area contributed by atoms with Gasteiger partial charge in [-0.05, 0) is 31.8 Å². The van der Waals surface area contributed by atoms with Gasteiger partial charge in [-0.1, -0.05) is 6.92 Å². The Kier molecular flexibility index (Phi) is 5.50. The number of aromatic nitrogens is 2. The highest BCUT2D eigenvalue weighted by Crippen LogP contribution is 2.19. The van der Waals surface area contributed by atoms with Crippen LogP contribution in [0.2, 0.25) is 0 Å². The number of nitrogens with zero attached hydrogens (tertiary/aromatic N) is 2. The molecule has 1 unspecified atom stereocenters. The second kappa shape index (κ2) is 6.66. The van der Waals surface area contributed by atoms with Crippen LogP contribution in [0.15, 0.2) is 0 Å². The molecule has 5 nitrogen and oxygen atoms in total. The molecule has 0 fully saturated rings. The van der Waals surface area contributed by atoms with Gasteiger partial charge in [0.15, 0.2) is 0 Å². The van der Waals surface area contributed by atoms with Gasteiger partial charge in [0.1, 0.15) is 17.5 Å². The van der Waals surface area contributed by atoms with Gasteiger partial charge in [0, 0.05) is 12.1 Å². The Morgan fingerprint density at radius 1 is 1.29 bits per heavy atom. The largest absolute Gasteiger partial charge is 0.369 e. The summed E-state index contributed by atoms with van der Waals surface area (Å²) in [5.74, 6) is 9.41. The molecule has 0 aliphatic heterocycles. The maximum Gasteiger partial charge on any atom is 0.148 e. The molecule has 17 heavy (non-hydrogen) atoms. The minimum atomic E-state index is 0.606. The molecular weight excluding hydrogens is 234 g/mol. The zero-order valence-corrected chi connectivity index (χ0v) is 11.7. The van der Waals surface area contributed by atoms with Crippen LogP contribution >= 0.6 is 11.8 Å². The van der Waals surface area contributed by atoms with Crippen molar-refractivity contribution in [3.8, 4) is 0 Å². The molecule has 4 N–H and O–H groups in total. The van der Waals surface area contributed by atoms with Gasteiger partial charge < -0.3 is 10.7 Å². The molecule has 0 bridgehead atoms. The van der Waals surface area contributed by atoms with Gasteiger partial charge in [-0.25, -0.2) is 15.8 Å². The first kappa shape index (κ1) is 14.1. The zero-order chi connectivity index (χ0) is 12.8. The lowest BCUT2D eigenvalue weighted by Crippen LogP contribution is -2.17. The number of hydrogen-bond acceptors (Lipinski definition) is 6. The average molecular weight is 255 g/mol. The van der Waals surface area contributed by atoms with Gasteiger partial charge >= 0.3 is 0 Å². The minimum absolute atomic E-state index is 0.606. The Balaban J connectivity index is 2.73. The van der Waals surface area contributed by atoms with Crippen molar-refractivity contribution in [1.29, 1.82) is 0 Å². The fraction of sp³-hybridized carbons (Fsp3) is 0.636. The third-order valence-corrected chi connectivity index (χ3v) is 3.37. The normalized spacial score (nSPS) is 12.3. The lowest BCUT2D eigenvalue weighted by molar-refractivity contribution is 0.698. The van der Waals surface area contributed by atoms with Crippen LogP contribution in [0, 0.1) is 19.8 Å². The lowest BCUT2D eigenvalue weighted by Gasteiger charge is -2.15. The van der Waals surface area contributed by atoms with Crippen LogP contribution in [0.1, 0.15) is 18.3 Å². The minimum Gasteiger partial charge on any atom is -0.369 e. The van der Waals surface area contributed by atoms with Gasteiger partial charge in [0.05, 0.1) is 0 Å². The molecule has 0 spiro atoms. The maximum absolute atomic E-state index is 5.42. The number of hydrogen-bond donors (Lipinski definition) is 3. The number of nitrogens with two attached hydrogens (primary N) is 1. The van der Waals surface area contributed by atoms with Gasteiger partial charge in [0.25, 0.3) is 0 Å². The van der Waals surface area contributed by atoms with Crippen molar-refractivity contribution in [2.75, 3.05) is 29.3 Å². The highest BCUT2D eigenvalue weighted by Gasteiger charge is 2.09. The van der Waals surface area contributed by atoms with E-state index in [1.54, 1.807) is 0 Å². The van der Waals surface area contributed by atoms with Crippen molar-refractivity contribution in [1.82, 2.24) is 9.97 Å². The van der Waals surface area contributed by atoms with Crippen LogP contribution < -0.4 is 16.6 Å². The molecule has 0 radical (unpaired) electrons. The lowest BCUT2D eigenvalue weighted by atomic mass is 10.2. The second-order valence-electron chi connectivity index (χ2n) is 4.18. The molecule has 1 aromatic rings. The summed E-state index contributed by atoms with van der Waals surface area (Å²) in [7, 11) is 0. The molecule has 0 saturated heterocycles. The summed E-state index contributed by atoms with van der Waals surface area (Å²) in [6.07, 6.45) is 2.12. The average Bonchev–Trinajstić information content (AvgIpc) is 2.30. The summed E-state index contributed by atoms with van der Waals surface area (Å²) in [6, 6.07) is 0. The Labute approximate surface area is 107 Å². The summed E-state index contributed by atoms with van der Waals surface area (Å²) < 4.78 is 0. The van der Waals surface area contributed by atoms with Crippen molar-refractivity contribution < 1.29 is 0 Å². The van der Waals surface area contributed by atoms with Crippen molar-refractivity contribution in [2.45, 2.75) is 20.8 Å². The quantitative estimate of drug-likeness (QED) is 0.531. The first-order valence-electron chi connectivity index (χ1n) is 5.63. The summed E-state index contributed by atoms with van der Waals surface area (Å²) in [5.41, 5.74) is 3.55. The van der Waals surface area contributed by atoms with Crippen LogP contribution in [0.3, 0.4) is 0 Å². The molecular formula is C11H21N5S. The van der Waals surface area contributed by atoms with Crippen molar-refractivity contribution in [3.63, 3.8) is 0 Å². The van der Waals surface area contributed by atoms with E-state index in [1.807, 2.05) is 25.6 Å². The van der Waals surface area contributed by atoms with Gasteiger partial charge in [0.2, 0.25) is 0 Å². The first-order valence-corrected chi connectivity index (χ1v) is 7.02. The third-order valence-electron chi connectivity index (χ3n) is 2.46. The first-order chi connectivity index (χ1) is 8.08. The molecule has 0 saturated carbocycles. The Morgan fingerprint density at radius 2 is 1.94 bits per heavy atom. The van der Waals surface area contributed by atoms with E-state index in [0.717, 1.165) is 23.7 Å². The van der Waals surface area contributed by atoms with Crippen LogP contribution in [-0.4, -0.2) is 28.5 Å². The predicted molar refractivity (Wildman–Crippen MR) is 75.4 cm³/mol. The standard InChI is InChI=1S/C11H21N5S/c1-7(6-17-4)5-13-10-8(2)11(16-12)15-9(3)14-10/h7H,5-6,12H2,1-4H3,(H2,13,14,15,16). The SMILES string of the molecule is CSCC(C)CNc1nc(C)nc(NN)c1C. The number of aryl methyl sites for hydroxylation is 1. The summed E-state index contributed by atoms with van der Waals surface area (Å²) in [4.78, 5) is 8.61. The fourth-order valence-electron chi connectivity index (χ4n) is 1.56. The Hall–Kier alpha value is -1.01. The van der Waals surface area contributed by atoms with E-state index in [2.05, 4.69) is 33.9 Å². The number of anilines is 2.